The van der Waals surface area contributed by atoms with E-state index >= 15 is 0 Å². The van der Waals surface area contributed by atoms with Crippen LogP contribution in [0.2, 0.25) is 0 Å². The lowest BCUT2D eigenvalue weighted by Gasteiger charge is -2.24. The van der Waals surface area contributed by atoms with Gasteiger partial charge in [-0.1, -0.05) is 70.5 Å². The number of aromatic nitrogens is 1. The number of nitrogens with zero attached hydrogens (tertiary/aromatic N) is 1. The summed E-state index contributed by atoms with van der Waals surface area (Å²) in [6, 6.07) is 23.9. The van der Waals surface area contributed by atoms with Gasteiger partial charge in [0, 0.05) is 34.1 Å². The van der Waals surface area contributed by atoms with E-state index in [-0.39, 0.29) is 11.7 Å². The van der Waals surface area contributed by atoms with Crippen molar-refractivity contribution in [3.8, 4) is 0 Å². The Hall–Kier alpha value is -3.18. The maximum absolute atomic E-state index is 13.5. The number of halogens is 1. The molecule has 0 saturated carbocycles. The van der Waals surface area contributed by atoms with Crippen LogP contribution in [0.25, 0.3) is 10.9 Å². The molecule has 0 aliphatic heterocycles. The molecule has 32 heavy (non-hydrogen) atoms. The van der Waals surface area contributed by atoms with E-state index in [0.29, 0.717) is 29.5 Å². The van der Waals surface area contributed by atoms with Crippen LogP contribution < -0.4 is 0 Å². The number of benzene rings is 3. The number of rotatable bonds is 4. The van der Waals surface area contributed by atoms with Gasteiger partial charge >= 0.3 is 5.97 Å². The number of methoxy groups -OCH3 is 1. The molecule has 4 aromatic rings. The van der Waals surface area contributed by atoms with Crippen LogP contribution in [-0.2, 0) is 17.7 Å². The number of Topliss-reactive ketones (excluding diaryl/α,β-unsaturated/α-hetero) is 1. The molecule has 160 valence electrons. The maximum Gasteiger partial charge on any atom is 0.338 e. The quantitative estimate of drug-likeness (QED) is 0.324. The summed E-state index contributed by atoms with van der Waals surface area (Å²) in [5.74, 6) is -0.234. The summed E-state index contributed by atoms with van der Waals surface area (Å²) in [6.07, 6.45) is 1.17. The Labute approximate surface area is 194 Å². The van der Waals surface area contributed by atoms with E-state index in [9.17, 15) is 9.59 Å². The lowest BCUT2D eigenvalue weighted by atomic mass is 9.81. The van der Waals surface area contributed by atoms with Crippen molar-refractivity contribution in [2.24, 2.45) is 0 Å². The summed E-state index contributed by atoms with van der Waals surface area (Å²) in [6.45, 7) is 0.604. The number of hydrogen-bond donors (Lipinski definition) is 0. The summed E-state index contributed by atoms with van der Waals surface area (Å²) in [4.78, 5) is 26.1. The molecule has 1 aliphatic carbocycles. The fraction of sp³-hybridized carbons (Fsp3) is 0.185. The number of carbonyl (C=O) groups excluding carboxylic acids is 2. The lowest BCUT2D eigenvalue weighted by molar-refractivity contribution is 0.0603. The second-order valence-electron chi connectivity index (χ2n) is 8.13. The van der Waals surface area contributed by atoms with Crippen LogP contribution in [-0.4, -0.2) is 23.4 Å². The molecular weight excluding hydrogens is 466 g/mol. The number of carbonyl (C=O) groups is 2. The molecule has 5 rings (SSSR count). The number of esters is 1. The van der Waals surface area contributed by atoms with Crippen LogP contribution in [0.1, 0.15) is 49.9 Å². The van der Waals surface area contributed by atoms with Crippen molar-refractivity contribution in [2.45, 2.75) is 25.3 Å². The Bertz CT molecular complexity index is 1340. The predicted molar refractivity (Wildman–Crippen MR) is 128 cm³/mol. The van der Waals surface area contributed by atoms with Gasteiger partial charge in [0.25, 0.3) is 0 Å². The highest BCUT2D eigenvalue weighted by Gasteiger charge is 2.33. The molecule has 0 saturated heterocycles. The number of hydrogen-bond acceptors (Lipinski definition) is 3. The van der Waals surface area contributed by atoms with E-state index in [4.69, 9.17) is 4.74 Å². The van der Waals surface area contributed by atoms with Crippen molar-refractivity contribution in [2.75, 3.05) is 7.11 Å². The molecule has 1 aliphatic rings. The van der Waals surface area contributed by atoms with E-state index in [0.717, 1.165) is 33.2 Å². The molecule has 3 aromatic carbocycles. The summed E-state index contributed by atoms with van der Waals surface area (Å²) in [5, 5.41) is 0.706. The zero-order valence-electron chi connectivity index (χ0n) is 17.7. The Morgan fingerprint density at radius 2 is 1.75 bits per heavy atom. The van der Waals surface area contributed by atoms with Crippen LogP contribution >= 0.6 is 15.9 Å². The molecule has 1 aromatic heterocycles. The Kier molecular flexibility index (Phi) is 5.43. The first kappa shape index (κ1) is 20.7. The highest BCUT2D eigenvalue weighted by Crippen LogP contribution is 2.40. The van der Waals surface area contributed by atoms with Gasteiger partial charge < -0.3 is 9.30 Å². The molecule has 1 heterocycles. The van der Waals surface area contributed by atoms with Crippen LogP contribution in [0.5, 0.6) is 0 Å². The van der Waals surface area contributed by atoms with Gasteiger partial charge in [-0.15, -0.1) is 0 Å². The van der Waals surface area contributed by atoms with Crippen molar-refractivity contribution in [3.63, 3.8) is 0 Å². The zero-order chi connectivity index (χ0) is 22.2. The van der Waals surface area contributed by atoms with Gasteiger partial charge in [-0.2, -0.15) is 0 Å². The van der Waals surface area contributed by atoms with Crippen molar-refractivity contribution in [1.82, 2.24) is 4.57 Å². The van der Waals surface area contributed by atoms with Gasteiger partial charge in [0.1, 0.15) is 0 Å². The monoisotopic (exact) mass is 487 g/mol. The molecule has 0 bridgehead atoms. The topological polar surface area (TPSA) is 48.3 Å². The zero-order valence-corrected chi connectivity index (χ0v) is 19.3. The number of ether oxygens (including phenoxy) is 1. The summed E-state index contributed by atoms with van der Waals surface area (Å²) in [7, 11) is 1.37. The summed E-state index contributed by atoms with van der Waals surface area (Å²) < 4.78 is 8.25. The van der Waals surface area contributed by atoms with E-state index in [2.05, 4.69) is 38.7 Å². The van der Waals surface area contributed by atoms with Gasteiger partial charge in [-0.05, 0) is 41.7 Å². The second kappa shape index (κ2) is 8.40. The first-order valence-electron chi connectivity index (χ1n) is 10.6. The van der Waals surface area contributed by atoms with Crippen molar-refractivity contribution < 1.29 is 14.3 Å². The van der Waals surface area contributed by atoms with Crippen molar-refractivity contribution in [1.29, 1.82) is 0 Å². The van der Waals surface area contributed by atoms with E-state index < -0.39 is 5.97 Å². The van der Waals surface area contributed by atoms with Gasteiger partial charge in [0.2, 0.25) is 0 Å². The van der Waals surface area contributed by atoms with Gasteiger partial charge in [-0.3, -0.25) is 4.79 Å². The van der Waals surface area contributed by atoms with E-state index in [1.165, 1.54) is 7.11 Å². The Morgan fingerprint density at radius 3 is 2.50 bits per heavy atom. The minimum Gasteiger partial charge on any atom is -0.465 e. The molecule has 0 fully saturated rings. The largest absolute Gasteiger partial charge is 0.465 e. The Morgan fingerprint density at radius 1 is 1.00 bits per heavy atom. The summed E-state index contributed by atoms with van der Waals surface area (Å²) >= 11 is 3.66. The summed E-state index contributed by atoms with van der Waals surface area (Å²) in [5.41, 5.74) is 5.26. The average Bonchev–Trinajstić information content (AvgIpc) is 3.14. The Balaban J connectivity index is 1.74. The highest BCUT2D eigenvalue weighted by atomic mass is 79.9. The van der Waals surface area contributed by atoms with Gasteiger partial charge in [0.15, 0.2) is 5.78 Å². The van der Waals surface area contributed by atoms with Crippen LogP contribution in [0.15, 0.2) is 77.3 Å². The molecule has 0 N–H and O–H groups in total. The third kappa shape index (κ3) is 3.47. The second-order valence-corrected chi connectivity index (χ2v) is 8.98. The molecule has 4 nitrogen and oxygen atoms in total. The third-order valence-electron chi connectivity index (χ3n) is 6.31. The molecule has 5 heteroatoms. The standard InChI is InChI=1S/C27H22BrNO3/c1-32-27(31)20-11-7-13-22-25(20)26-23(29(22)16-18-10-5-6-12-21(18)28)14-19(15-24(26)30)17-8-3-2-4-9-17/h2-13,19H,14-16H2,1H3. The molecule has 1 atom stereocenters. The van der Waals surface area contributed by atoms with Crippen LogP contribution in [0, 0.1) is 0 Å². The predicted octanol–water partition coefficient (Wildman–Crippen LogP) is 6.15. The normalized spacial score (nSPS) is 15.6. The van der Waals surface area contributed by atoms with Gasteiger partial charge in [-0.25, -0.2) is 4.79 Å². The molecule has 0 radical (unpaired) electrons. The van der Waals surface area contributed by atoms with E-state index in [1.807, 2.05) is 48.5 Å². The number of fused-ring (bicyclic) bond motifs is 3. The third-order valence-corrected chi connectivity index (χ3v) is 7.08. The average molecular weight is 488 g/mol. The van der Waals surface area contributed by atoms with Crippen LogP contribution in [0.3, 0.4) is 0 Å². The first-order chi connectivity index (χ1) is 15.6. The fourth-order valence-electron chi connectivity index (χ4n) is 4.82. The van der Waals surface area contributed by atoms with E-state index in [1.54, 1.807) is 6.07 Å². The van der Waals surface area contributed by atoms with Crippen molar-refractivity contribution >= 4 is 38.6 Å². The minimum absolute atomic E-state index is 0.0762. The molecule has 1 unspecified atom stereocenters. The smallest absolute Gasteiger partial charge is 0.338 e. The SMILES string of the molecule is COC(=O)c1cccc2c1c1c(n2Cc2ccccc2Br)CC(c2ccccc2)CC1=O. The van der Waals surface area contributed by atoms with Gasteiger partial charge in [0.05, 0.1) is 18.2 Å². The van der Waals surface area contributed by atoms with Crippen LogP contribution in [0.4, 0.5) is 0 Å². The molecule has 0 spiro atoms. The molecule has 0 amide bonds. The fourth-order valence-corrected chi connectivity index (χ4v) is 5.23. The lowest BCUT2D eigenvalue weighted by Crippen LogP contribution is -2.21. The highest BCUT2D eigenvalue weighted by molar-refractivity contribution is 9.10. The molecular formula is C27H22BrNO3. The first-order valence-corrected chi connectivity index (χ1v) is 11.4. The van der Waals surface area contributed by atoms with Crippen molar-refractivity contribution in [3.05, 3.63) is 105 Å². The number of ketones is 1. The minimum atomic E-state index is -0.422. The maximum atomic E-state index is 13.5.